The molecule has 1 atom stereocenters. The molecule has 114 valence electrons. The van der Waals surface area contributed by atoms with Gasteiger partial charge in [-0.15, -0.1) is 0 Å². The summed E-state index contributed by atoms with van der Waals surface area (Å²) in [6.07, 6.45) is 0. The van der Waals surface area contributed by atoms with E-state index in [2.05, 4.69) is 5.32 Å². The van der Waals surface area contributed by atoms with Crippen LogP contribution in [0.5, 0.6) is 11.5 Å². The Morgan fingerprint density at radius 3 is 2.73 bits per heavy atom. The highest BCUT2D eigenvalue weighted by Crippen LogP contribution is 2.32. The first-order chi connectivity index (χ1) is 10.5. The molecule has 0 aliphatic carbocycles. The number of phenols is 2. The molecule has 1 heterocycles. The van der Waals surface area contributed by atoms with Gasteiger partial charge in [0.25, 0.3) is 5.91 Å². The van der Waals surface area contributed by atoms with Crippen molar-refractivity contribution in [1.29, 1.82) is 0 Å². The molecule has 6 heteroatoms. The molecule has 1 fully saturated rings. The van der Waals surface area contributed by atoms with Crippen molar-refractivity contribution in [2.75, 3.05) is 13.1 Å². The van der Waals surface area contributed by atoms with Crippen LogP contribution in [0.4, 0.5) is 0 Å². The van der Waals surface area contributed by atoms with E-state index in [-0.39, 0.29) is 35.6 Å². The van der Waals surface area contributed by atoms with Crippen LogP contribution in [0.15, 0.2) is 30.3 Å². The zero-order chi connectivity index (χ0) is 15.9. The molecule has 3 N–H and O–H groups in total. The lowest BCUT2D eigenvalue weighted by Crippen LogP contribution is -2.54. The van der Waals surface area contributed by atoms with Gasteiger partial charge in [0, 0.05) is 18.0 Å². The quantitative estimate of drug-likeness (QED) is 0.738. The summed E-state index contributed by atoms with van der Waals surface area (Å²) < 4.78 is 0. The number of benzene rings is 2. The van der Waals surface area contributed by atoms with E-state index in [1.807, 2.05) is 6.92 Å². The number of nitrogens with one attached hydrogen (secondary N) is 1. The van der Waals surface area contributed by atoms with Gasteiger partial charge < -0.3 is 20.4 Å². The van der Waals surface area contributed by atoms with E-state index in [4.69, 9.17) is 0 Å². The fourth-order valence-corrected chi connectivity index (χ4v) is 2.72. The Hall–Kier alpha value is -2.76. The lowest BCUT2D eigenvalue weighted by atomic mass is 10.0. The van der Waals surface area contributed by atoms with Gasteiger partial charge >= 0.3 is 0 Å². The third-order valence-electron chi connectivity index (χ3n) is 3.73. The number of rotatable bonds is 1. The molecule has 0 spiro atoms. The zero-order valence-electron chi connectivity index (χ0n) is 12.0. The van der Waals surface area contributed by atoms with Crippen molar-refractivity contribution >= 4 is 22.6 Å². The molecule has 6 nitrogen and oxygen atoms in total. The topological polar surface area (TPSA) is 89.9 Å². The average molecular weight is 300 g/mol. The summed E-state index contributed by atoms with van der Waals surface area (Å²) >= 11 is 0. The Morgan fingerprint density at radius 1 is 1.27 bits per heavy atom. The standard InChI is InChI=1S/C16H16N2O4/c1-9-7-18(8-14(20)17-9)16(22)12-5-3-10-2-4-11(19)6-13(10)15(12)21/h2-6,9,19,21H,7-8H2,1H3,(H,17,20). The summed E-state index contributed by atoms with van der Waals surface area (Å²) in [5.41, 5.74) is 0.125. The van der Waals surface area contributed by atoms with Crippen LogP contribution in [0.2, 0.25) is 0 Å². The maximum absolute atomic E-state index is 12.6. The van der Waals surface area contributed by atoms with Crippen molar-refractivity contribution < 1.29 is 19.8 Å². The summed E-state index contributed by atoms with van der Waals surface area (Å²) in [4.78, 5) is 25.5. The van der Waals surface area contributed by atoms with Crippen molar-refractivity contribution in [3.8, 4) is 11.5 Å². The van der Waals surface area contributed by atoms with Crippen molar-refractivity contribution in [3.63, 3.8) is 0 Å². The predicted octanol–water partition coefficient (Wildman–Crippen LogP) is 1.21. The van der Waals surface area contributed by atoms with Gasteiger partial charge in [-0.3, -0.25) is 9.59 Å². The minimum absolute atomic E-state index is 0.0124. The molecule has 2 aromatic carbocycles. The number of fused-ring (bicyclic) bond motifs is 1. The second-order valence-corrected chi connectivity index (χ2v) is 5.52. The van der Waals surface area contributed by atoms with E-state index in [1.54, 1.807) is 12.1 Å². The minimum Gasteiger partial charge on any atom is -0.508 e. The second-order valence-electron chi connectivity index (χ2n) is 5.52. The number of hydrogen-bond acceptors (Lipinski definition) is 4. The molecule has 1 saturated heterocycles. The molecule has 0 radical (unpaired) electrons. The molecule has 0 aromatic heterocycles. The van der Waals surface area contributed by atoms with Crippen LogP contribution in [-0.2, 0) is 4.79 Å². The highest BCUT2D eigenvalue weighted by atomic mass is 16.3. The van der Waals surface area contributed by atoms with Crippen LogP contribution >= 0.6 is 0 Å². The summed E-state index contributed by atoms with van der Waals surface area (Å²) in [7, 11) is 0. The Balaban J connectivity index is 2.00. The minimum atomic E-state index is -0.399. The van der Waals surface area contributed by atoms with Crippen LogP contribution in [0, 0.1) is 0 Å². The Kier molecular flexibility index (Phi) is 3.36. The van der Waals surface area contributed by atoms with Crippen molar-refractivity contribution in [2.45, 2.75) is 13.0 Å². The van der Waals surface area contributed by atoms with Crippen molar-refractivity contribution in [2.24, 2.45) is 0 Å². The van der Waals surface area contributed by atoms with Gasteiger partial charge in [-0.05, 0) is 30.5 Å². The van der Waals surface area contributed by atoms with Crippen LogP contribution in [0.3, 0.4) is 0 Å². The molecule has 1 aliphatic heterocycles. The van der Waals surface area contributed by atoms with Gasteiger partial charge in [-0.2, -0.15) is 0 Å². The summed E-state index contributed by atoms with van der Waals surface area (Å²) in [5.74, 6) is -0.787. The molecule has 2 aromatic rings. The number of hydrogen-bond donors (Lipinski definition) is 3. The number of carbonyl (C=O) groups is 2. The number of phenolic OH excluding ortho intramolecular Hbond substituents is 2. The van der Waals surface area contributed by atoms with Gasteiger partial charge in [0.05, 0.1) is 12.1 Å². The second kappa shape index (κ2) is 5.22. The number of aromatic hydroxyl groups is 2. The van der Waals surface area contributed by atoms with E-state index in [1.165, 1.54) is 23.1 Å². The third-order valence-corrected chi connectivity index (χ3v) is 3.73. The molecule has 0 bridgehead atoms. The van der Waals surface area contributed by atoms with Crippen LogP contribution in [0.1, 0.15) is 17.3 Å². The highest BCUT2D eigenvalue weighted by Gasteiger charge is 2.28. The summed E-state index contributed by atoms with van der Waals surface area (Å²) in [6.45, 7) is 2.18. The van der Waals surface area contributed by atoms with E-state index in [0.717, 1.165) is 5.39 Å². The van der Waals surface area contributed by atoms with E-state index in [0.29, 0.717) is 11.9 Å². The fourth-order valence-electron chi connectivity index (χ4n) is 2.72. The number of amides is 2. The van der Waals surface area contributed by atoms with Gasteiger partial charge in [0.15, 0.2) is 0 Å². The lowest BCUT2D eigenvalue weighted by molar-refractivity contribution is -0.124. The SMILES string of the molecule is CC1CN(C(=O)c2ccc3ccc(O)cc3c2O)CC(=O)N1. The monoisotopic (exact) mass is 300 g/mol. The molecule has 3 rings (SSSR count). The lowest BCUT2D eigenvalue weighted by Gasteiger charge is -2.31. The Labute approximate surface area is 127 Å². The first-order valence-electron chi connectivity index (χ1n) is 6.99. The molecular formula is C16H16N2O4. The van der Waals surface area contributed by atoms with Crippen molar-refractivity contribution in [1.82, 2.24) is 10.2 Å². The normalized spacial score (nSPS) is 18.3. The largest absolute Gasteiger partial charge is 0.508 e. The highest BCUT2D eigenvalue weighted by molar-refractivity contribution is 6.05. The van der Waals surface area contributed by atoms with E-state index in [9.17, 15) is 19.8 Å². The zero-order valence-corrected chi connectivity index (χ0v) is 12.0. The first kappa shape index (κ1) is 14.2. The van der Waals surface area contributed by atoms with E-state index < -0.39 is 5.91 Å². The maximum Gasteiger partial charge on any atom is 0.258 e. The number of nitrogens with zero attached hydrogens (tertiary/aromatic N) is 1. The molecule has 0 saturated carbocycles. The average Bonchev–Trinajstić information content (AvgIpc) is 2.46. The van der Waals surface area contributed by atoms with E-state index >= 15 is 0 Å². The fraction of sp³-hybridized carbons (Fsp3) is 0.250. The molecular weight excluding hydrogens is 284 g/mol. The maximum atomic E-state index is 12.6. The predicted molar refractivity (Wildman–Crippen MR) is 80.8 cm³/mol. The van der Waals surface area contributed by atoms with Gasteiger partial charge in [-0.1, -0.05) is 12.1 Å². The summed E-state index contributed by atoms with van der Waals surface area (Å²) in [5, 5.41) is 23.8. The number of carbonyl (C=O) groups excluding carboxylic acids is 2. The van der Waals surface area contributed by atoms with Crippen LogP contribution in [0.25, 0.3) is 10.8 Å². The smallest absolute Gasteiger partial charge is 0.258 e. The van der Waals surface area contributed by atoms with Gasteiger partial charge in [0.1, 0.15) is 11.5 Å². The van der Waals surface area contributed by atoms with Gasteiger partial charge in [-0.25, -0.2) is 0 Å². The Bertz CT molecular complexity index is 772. The Morgan fingerprint density at radius 2 is 2.00 bits per heavy atom. The summed E-state index contributed by atoms with van der Waals surface area (Å²) in [6, 6.07) is 7.70. The molecule has 1 aliphatic rings. The molecule has 2 amide bonds. The van der Waals surface area contributed by atoms with Crippen molar-refractivity contribution in [3.05, 3.63) is 35.9 Å². The van der Waals surface area contributed by atoms with Gasteiger partial charge in [0.2, 0.25) is 5.91 Å². The number of piperazine rings is 1. The molecule has 22 heavy (non-hydrogen) atoms. The first-order valence-corrected chi connectivity index (χ1v) is 6.99. The van der Waals surface area contributed by atoms with Crippen LogP contribution < -0.4 is 5.32 Å². The van der Waals surface area contributed by atoms with Crippen LogP contribution in [-0.4, -0.2) is 46.1 Å². The third kappa shape index (κ3) is 2.43. The molecule has 1 unspecified atom stereocenters.